The minimum atomic E-state index is 0.220. The van der Waals surface area contributed by atoms with Gasteiger partial charge in [0.1, 0.15) is 5.75 Å². The third-order valence-electron chi connectivity index (χ3n) is 1.96. The van der Waals surface area contributed by atoms with Crippen LogP contribution < -0.4 is 5.73 Å². The van der Waals surface area contributed by atoms with Gasteiger partial charge in [0.25, 0.3) is 5.22 Å². The van der Waals surface area contributed by atoms with Crippen molar-refractivity contribution < 1.29 is 9.52 Å². The summed E-state index contributed by atoms with van der Waals surface area (Å²) in [4.78, 5) is 0. The molecule has 0 radical (unpaired) electrons. The topological polar surface area (TPSA) is 85.2 Å². The van der Waals surface area contributed by atoms with E-state index in [4.69, 9.17) is 10.2 Å². The molecule has 1 aromatic heterocycles. The van der Waals surface area contributed by atoms with E-state index < -0.39 is 0 Å². The van der Waals surface area contributed by atoms with E-state index in [9.17, 15) is 5.11 Å². The van der Waals surface area contributed by atoms with Crippen molar-refractivity contribution in [1.82, 2.24) is 10.2 Å². The summed E-state index contributed by atoms with van der Waals surface area (Å²) in [6.45, 7) is 1.73. The van der Waals surface area contributed by atoms with Gasteiger partial charge >= 0.3 is 0 Å². The van der Waals surface area contributed by atoms with Gasteiger partial charge in [-0.25, -0.2) is 0 Å². The fourth-order valence-corrected chi connectivity index (χ4v) is 1.99. The molecule has 84 valence electrons. The van der Waals surface area contributed by atoms with Gasteiger partial charge in [0.15, 0.2) is 0 Å². The Bertz CT molecular complexity index is 499. The number of hydrogen-bond acceptors (Lipinski definition) is 6. The first-order valence-corrected chi connectivity index (χ1v) is 5.64. The molecule has 0 aliphatic carbocycles. The van der Waals surface area contributed by atoms with Crippen LogP contribution in [0.15, 0.2) is 27.8 Å². The lowest BCUT2D eigenvalue weighted by atomic mass is 10.2. The summed E-state index contributed by atoms with van der Waals surface area (Å²) in [5.74, 6) is 1.29. The highest BCUT2D eigenvalue weighted by Gasteiger charge is 2.06. The zero-order valence-corrected chi connectivity index (χ0v) is 9.49. The maximum Gasteiger partial charge on any atom is 0.276 e. The van der Waals surface area contributed by atoms with Gasteiger partial charge in [-0.2, -0.15) is 0 Å². The first kappa shape index (κ1) is 10.8. The molecule has 0 unspecified atom stereocenters. The first-order valence-electron chi connectivity index (χ1n) is 4.65. The fourth-order valence-electron chi connectivity index (χ4n) is 1.20. The second-order valence-electron chi connectivity index (χ2n) is 3.26. The van der Waals surface area contributed by atoms with Crippen molar-refractivity contribution in [1.29, 1.82) is 0 Å². The molecule has 16 heavy (non-hydrogen) atoms. The quantitative estimate of drug-likeness (QED) is 0.482. The fraction of sp³-hybridized carbons (Fsp3) is 0.200. The van der Waals surface area contributed by atoms with Crippen LogP contribution in [0.1, 0.15) is 11.5 Å². The largest absolute Gasteiger partial charge is 0.508 e. The third kappa shape index (κ3) is 2.46. The molecule has 2 rings (SSSR count). The average molecular weight is 237 g/mol. The summed E-state index contributed by atoms with van der Waals surface area (Å²) >= 11 is 1.36. The highest BCUT2D eigenvalue weighted by Crippen LogP contribution is 2.27. The van der Waals surface area contributed by atoms with Crippen molar-refractivity contribution in [2.75, 3.05) is 5.73 Å². The monoisotopic (exact) mass is 237 g/mol. The zero-order valence-electron chi connectivity index (χ0n) is 8.67. The van der Waals surface area contributed by atoms with Gasteiger partial charge in [-0.3, -0.25) is 0 Å². The van der Waals surface area contributed by atoms with Crippen LogP contribution in [0.2, 0.25) is 0 Å². The Hall–Kier alpha value is -1.69. The number of thioether (sulfide) groups is 1. The minimum Gasteiger partial charge on any atom is -0.508 e. The summed E-state index contributed by atoms with van der Waals surface area (Å²) in [5, 5.41) is 17.6. The number of benzene rings is 1. The molecule has 0 saturated heterocycles. The van der Waals surface area contributed by atoms with Crippen LogP contribution in [-0.4, -0.2) is 15.3 Å². The standard InChI is InChI=1S/C10H11N3O2S/c1-6-12-13-10(15-6)16-5-7-4-8(11)2-3-9(7)14/h2-4,14H,5,11H2,1H3. The lowest BCUT2D eigenvalue weighted by Crippen LogP contribution is -1.88. The molecule has 0 amide bonds. The molecule has 6 heteroatoms. The average Bonchev–Trinajstić information content (AvgIpc) is 2.66. The Morgan fingerprint density at radius 2 is 2.25 bits per heavy atom. The first-order chi connectivity index (χ1) is 7.65. The second kappa shape index (κ2) is 4.44. The van der Waals surface area contributed by atoms with Gasteiger partial charge in [-0.1, -0.05) is 11.8 Å². The van der Waals surface area contributed by atoms with E-state index in [1.54, 1.807) is 25.1 Å². The van der Waals surface area contributed by atoms with Gasteiger partial charge in [0.2, 0.25) is 5.89 Å². The van der Waals surface area contributed by atoms with Crippen molar-refractivity contribution in [2.24, 2.45) is 0 Å². The van der Waals surface area contributed by atoms with Crippen LogP contribution in [-0.2, 0) is 5.75 Å². The molecule has 0 atom stereocenters. The number of nitrogens with two attached hydrogens (primary N) is 1. The van der Waals surface area contributed by atoms with Crippen LogP contribution >= 0.6 is 11.8 Å². The molecule has 5 nitrogen and oxygen atoms in total. The molecule has 1 aromatic carbocycles. The summed E-state index contributed by atoms with van der Waals surface area (Å²) in [6.07, 6.45) is 0. The van der Waals surface area contributed by atoms with Crippen molar-refractivity contribution in [2.45, 2.75) is 17.9 Å². The number of anilines is 1. The highest BCUT2D eigenvalue weighted by atomic mass is 32.2. The predicted octanol–water partition coefficient (Wildman–Crippen LogP) is 1.96. The number of phenols is 1. The lowest BCUT2D eigenvalue weighted by molar-refractivity contribution is 0.429. The van der Waals surface area contributed by atoms with E-state index in [2.05, 4.69) is 10.2 Å². The molecule has 0 aliphatic heterocycles. The maximum absolute atomic E-state index is 9.58. The normalized spacial score (nSPS) is 10.6. The lowest BCUT2D eigenvalue weighted by Gasteiger charge is -2.03. The summed E-state index contributed by atoms with van der Waals surface area (Å²) in [6, 6.07) is 4.95. The van der Waals surface area contributed by atoms with Crippen molar-refractivity contribution >= 4 is 17.4 Å². The summed E-state index contributed by atoms with van der Waals surface area (Å²) in [5.41, 5.74) is 7.00. The van der Waals surface area contributed by atoms with Crippen LogP contribution in [0.5, 0.6) is 5.75 Å². The number of aromatic nitrogens is 2. The summed E-state index contributed by atoms with van der Waals surface area (Å²) < 4.78 is 5.20. The van der Waals surface area contributed by atoms with Gasteiger partial charge < -0.3 is 15.3 Å². The Kier molecular flexibility index (Phi) is 3.00. The number of aryl methyl sites for hydroxylation is 1. The van der Waals surface area contributed by atoms with E-state index in [0.29, 0.717) is 22.6 Å². The molecule has 0 aliphatic rings. The molecule has 0 bridgehead atoms. The smallest absolute Gasteiger partial charge is 0.276 e. The Morgan fingerprint density at radius 1 is 1.44 bits per heavy atom. The molecular weight excluding hydrogens is 226 g/mol. The van der Waals surface area contributed by atoms with Crippen molar-refractivity contribution in [3.05, 3.63) is 29.7 Å². The number of nitrogens with zero attached hydrogens (tertiary/aromatic N) is 2. The van der Waals surface area contributed by atoms with Gasteiger partial charge in [-0.15, -0.1) is 10.2 Å². The Morgan fingerprint density at radius 3 is 2.94 bits per heavy atom. The Balaban J connectivity index is 2.07. The minimum absolute atomic E-state index is 0.220. The molecular formula is C10H11N3O2S. The molecule has 1 heterocycles. The molecule has 0 spiro atoms. The van der Waals surface area contributed by atoms with Crippen molar-refractivity contribution in [3.63, 3.8) is 0 Å². The van der Waals surface area contributed by atoms with E-state index in [1.165, 1.54) is 11.8 Å². The van der Waals surface area contributed by atoms with Gasteiger partial charge in [-0.05, 0) is 18.2 Å². The molecule has 2 aromatic rings. The SMILES string of the molecule is Cc1nnc(SCc2cc(N)ccc2O)o1. The van der Waals surface area contributed by atoms with E-state index >= 15 is 0 Å². The van der Waals surface area contributed by atoms with E-state index in [-0.39, 0.29) is 5.75 Å². The molecule has 0 fully saturated rings. The Labute approximate surface area is 96.7 Å². The number of phenolic OH excluding ortho intramolecular Hbond substituents is 1. The van der Waals surface area contributed by atoms with Crippen LogP contribution in [0.3, 0.4) is 0 Å². The number of hydrogen-bond donors (Lipinski definition) is 2. The van der Waals surface area contributed by atoms with E-state index in [1.807, 2.05) is 0 Å². The molecule has 0 saturated carbocycles. The van der Waals surface area contributed by atoms with Crippen LogP contribution in [0, 0.1) is 6.92 Å². The number of rotatable bonds is 3. The zero-order chi connectivity index (χ0) is 11.5. The van der Waals surface area contributed by atoms with Crippen LogP contribution in [0.4, 0.5) is 5.69 Å². The second-order valence-corrected chi connectivity index (χ2v) is 4.19. The highest BCUT2D eigenvalue weighted by molar-refractivity contribution is 7.98. The third-order valence-corrected chi connectivity index (χ3v) is 2.83. The maximum atomic E-state index is 9.58. The predicted molar refractivity (Wildman–Crippen MR) is 61.1 cm³/mol. The van der Waals surface area contributed by atoms with Gasteiger partial charge in [0.05, 0.1) is 0 Å². The van der Waals surface area contributed by atoms with Crippen molar-refractivity contribution in [3.8, 4) is 5.75 Å². The summed E-state index contributed by atoms with van der Waals surface area (Å²) in [7, 11) is 0. The van der Waals surface area contributed by atoms with Gasteiger partial charge in [0, 0.05) is 23.9 Å². The molecule has 3 N–H and O–H groups in total. The van der Waals surface area contributed by atoms with E-state index in [0.717, 1.165) is 5.56 Å². The number of nitrogen functional groups attached to an aromatic ring is 1. The van der Waals surface area contributed by atoms with Crippen LogP contribution in [0.25, 0.3) is 0 Å². The number of aromatic hydroxyl groups is 1.